The van der Waals surface area contributed by atoms with Gasteiger partial charge in [0.15, 0.2) is 5.82 Å². The summed E-state index contributed by atoms with van der Waals surface area (Å²) in [5.74, 6) is 1.58. The Balaban J connectivity index is 1.13. The first-order valence-corrected chi connectivity index (χ1v) is 20.1. The highest BCUT2D eigenvalue weighted by molar-refractivity contribution is 7.26. The zero-order chi connectivity index (χ0) is 37.6. The van der Waals surface area contributed by atoms with Gasteiger partial charge in [-0.3, -0.25) is 4.57 Å². The molecule has 0 saturated carbocycles. The molecule has 0 amide bonds. The van der Waals surface area contributed by atoms with Crippen molar-refractivity contribution in [1.29, 1.82) is 0 Å². The third-order valence-corrected chi connectivity index (χ3v) is 12.1. The summed E-state index contributed by atoms with van der Waals surface area (Å²) >= 11 is 1.87. The van der Waals surface area contributed by atoms with E-state index >= 15 is 0 Å². The summed E-state index contributed by atoms with van der Waals surface area (Å²) in [5.41, 5.74) is 14.1. The van der Waals surface area contributed by atoms with Crippen LogP contribution >= 0.6 is 11.3 Å². The molecule has 7 aromatic carbocycles. The van der Waals surface area contributed by atoms with Gasteiger partial charge in [0.05, 0.1) is 22.4 Å². The Kier molecular flexibility index (Phi) is 8.57. The molecule has 0 atom stereocenters. The van der Waals surface area contributed by atoms with E-state index in [-0.39, 0.29) is 0 Å². The van der Waals surface area contributed by atoms with E-state index < -0.39 is 0 Å². The van der Waals surface area contributed by atoms with Crippen LogP contribution in [0.4, 0.5) is 0 Å². The Hall–Kier alpha value is -6.69. The van der Waals surface area contributed by atoms with Crippen molar-refractivity contribution in [3.05, 3.63) is 181 Å². The Morgan fingerprint density at radius 2 is 1.18 bits per heavy atom. The van der Waals surface area contributed by atoms with Gasteiger partial charge in [-0.25, -0.2) is 15.0 Å². The predicted molar refractivity (Wildman–Crippen MR) is 235 cm³/mol. The number of benzene rings is 7. The highest BCUT2D eigenvalue weighted by Crippen LogP contribution is 2.41. The van der Waals surface area contributed by atoms with Gasteiger partial charge in [-0.15, -0.1) is 11.3 Å². The molecule has 56 heavy (non-hydrogen) atoms. The van der Waals surface area contributed by atoms with E-state index in [1.165, 1.54) is 36.9 Å². The number of thiophene rings is 1. The molecule has 0 fully saturated rings. The summed E-state index contributed by atoms with van der Waals surface area (Å²) in [6.45, 7) is 4.43. The van der Waals surface area contributed by atoms with E-state index in [4.69, 9.17) is 15.0 Å². The number of rotatable bonds is 8. The third kappa shape index (κ3) is 5.80. The molecule has 0 bridgehead atoms. The maximum absolute atomic E-state index is 5.43. The van der Waals surface area contributed by atoms with Crippen LogP contribution in [-0.4, -0.2) is 19.5 Å². The van der Waals surface area contributed by atoms with Gasteiger partial charge >= 0.3 is 0 Å². The lowest BCUT2D eigenvalue weighted by Crippen LogP contribution is -2.04. The summed E-state index contributed by atoms with van der Waals surface area (Å²) in [4.78, 5) is 16.0. The van der Waals surface area contributed by atoms with Crippen LogP contribution in [0.25, 0.3) is 93.3 Å². The molecule has 0 unspecified atom stereocenters. The predicted octanol–water partition coefficient (Wildman–Crippen LogP) is 13.6. The molecule has 0 spiro atoms. The highest BCUT2D eigenvalue weighted by atomic mass is 32.1. The lowest BCUT2D eigenvalue weighted by atomic mass is 9.93. The molecule has 0 radical (unpaired) electrons. The second-order valence-electron chi connectivity index (χ2n) is 14.1. The molecule has 0 saturated heterocycles. The minimum absolute atomic E-state index is 0.696. The fraction of sp³-hybridized carbons (Fsp3) is 0.0784. The Morgan fingerprint density at radius 1 is 0.500 bits per heavy atom. The zero-order valence-corrected chi connectivity index (χ0v) is 32.1. The lowest BCUT2D eigenvalue weighted by Gasteiger charge is -2.18. The maximum Gasteiger partial charge on any atom is 0.160 e. The first-order valence-electron chi connectivity index (χ1n) is 19.3. The van der Waals surface area contributed by atoms with Crippen LogP contribution in [0.5, 0.6) is 0 Å². The van der Waals surface area contributed by atoms with E-state index in [9.17, 15) is 0 Å². The molecule has 10 aromatic rings. The fourth-order valence-electron chi connectivity index (χ4n) is 8.11. The number of hydrogen-bond donors (Lipinski definition) is 0. The number of aromatic nitrogens is 4. The largest absolute Gasteiger partial charge is 0.292 e. The standard InChI is InChI=1S/C51H38N4S/c1-3-33-16-8-9-21-40(33)48-39(4-2)47(35-30-28-34(29-31-35)41-23-15-24-43-42-22-10-13-27-46(42)56-49(41)43)53-50(54-48)36-17-14-18-37(32-36)51-52-44-25-11-12-26-45(44)55(51)38-19-6-5-7-20-38/h5-32H,3-4H2,1-2H3. The summed E-state index contributed by atoms with van der Waals surface area (Å²) in [5, 5.41) is 2.62. The normalized spacial score (nSPS) is 11.5. The number of fused-ring (bicyclic) bond motifs is 4. The molecule has 0 aliphatic rings. The van der Waals surface area contributed by atoms with Crippen LogP contribution in [0.3, 0.4) is 0 Å². The molecule has 3 aromatic heterocycles. The molecule has 4 nitrogen and oxygen atoms in total. The third-order valence-electron chi connectivity index (χ3n) is 10.8. The molecular weight excluding hydrogens is 701 g/mol. The van der Waals surface area contributed by atoms with E-state index in [1.807, 2.05) is 23.5 Å². The van der Waals surface area contributed by atoms with Crippen LogP contribution in [-0.2, 0) is 12.8 Å². The quantitative estimate of drug-likeness (QED) is 0.156. The Bertz CT molecular complexity index is 3050. The minimum Gasteiger partial charge on any atom is -0.292 e. The van der Waals surface area contributed by atoms with Crippen molar-refractivity contribution in [1.82, 2.24) is 19.5 Å². The second kappa shape index (κ2) is 14.2. The smallest absolute Gasteiger partial charge is 0.160 e. The van der Waals surface area contributed by atoms with Gasteiger partial charge in [-0.05, 0) is 65.9 Å². The van der Waals surface area contributed by atoms with Crippen molar-refractivity contribution in [2.24, 2.45) is 0 Å². The zero-order valence-electron chi connectivity index (χ0n) is 31.3. The van der Waals surface area contributed by atoms with Crippen molar-refractivity contribution in [3.63, 3.8) is 0 Å². The first kappa shape index (κ1) is 33.8. The summed E-state index contributed by atoms with van der Waals surface area (Å²) < 4.78 is 4.87. The monoisotopic (exact) mass is 738 g/mol. The number of imidazole rings is 1. The summed E-state index contributed by atoms with van der Waals surface area (Å²) in [6.07, 6.45) is 1.71. The molecule has 268 valence electrons. The molecule has 10 rings (SSSR count). The van der Waals surface area contributed by atoms with Crippen LogP contribution < -0.4 is 0 Å². The van der Waals surface area contributed by atoms with Gasteiger partial charge < -0.3 is 0 Å². The Labute approximate surface area is 330 Å². The van der Waals surface area contributed by atoms with Gasteiger partial charge in [0.1, 0.15) is 5.82 Å². The summed E-state index contributed by atoms with van der Waals surface area (Å²) in [6, 6.07) is 60.3. The van der Waals surface area contributed by atoms with Crippen molar-refractivity contribution in [3.8, 4) is 62.1 Å². The second-order valence-corrected chi connectivity index (χ2v) is 15.2. The number of para-hydroxylation sites is 3. The van der Waals surface area contributed by atoms with Crippen LogP contribution in [0.1, 0.15) is 25.0 Å². The molecule has 5 heteroatoms. The number of aryl methyl sites for hydroxylation is 1. The molecule has 3 heterocycles. The van der Waals surface area contributed by atoms with Crippen molar-refractivity contribution < 1.29 is 0 Å². The Morgan fingerprint density at radius 3 is 2.04 bits per heavy atom. The van der Waals surface area contributed by atoms with Gasteiger partial charge in [0, 0.05) is 53.7 Å². The van der Waals surface area contributed by atoms with Crippen LogP contribution in [0, 0.1) is 0 Å². The van der Waals surface area contributed by atoms with Crippen molar-refractivity contribution in [2.45, 2.75) is 26.7 Å². The van der Waals surface area contributed by atoms with Gasteiger partial charge in [0.25, 0.3) is 0 Å². The average molecular weight is 739 g/mol. The molecular formula is C51H38N4S. The van der Waals surface area contributed by atoms with Gasteiger partial charge in [0.2, 0.25) is 0 Å². The molecule has 0 aliphatic carbocycles. The van der Waals surface area contributed by atoms with Crippen molar-refractivity contribution >= 4 is 42.5 Å². The topological polar surface area (TPSA) is 43.6 Å². The van der Waals surface area contributed by atoms with Crippen LogP contribution in [0.2, 0.25) is 0 Å². The summed E-state index contributed by atoms with van der Waals surface area (Å²) in [7, 11) is 0. The SMILES string of the molecule is CCc1ccccc1-c1nc(-c2cccc(-c3nc4ccccc4n3-c3ccccc3)c2)nc(-c2ccc(-c3cccc4c3sc3ccccc34)cc2)c1CC. The number of hydrogen-bond acceptors (Lipinski definition) is 4. The molecule has 0 aliphatic heterocycles. The van der Waals surface area contributed by atoms with E-state index in [0.29, 0.717) is 5.82 Å². The lowest BCUT2D eigenvalue weighted by molar-refractivity contribution is 1.05. The first-order chi connectivity index (χ1) is 27.7. The van der Waals surface area contributed by atoms with Crippen LogP contribution in [0.15, 0.2) is 170 Å². The van der Waals surface area contributed by atoms with Gasteiger partial charge in [-0.2, -0.15) is 0 Å². The average Bonchev–Trinajstić information content (AvgIpc) is 3.86. The maximum atomic E-state index is 5.43. The number of nitrogens with zero attached hydrogens (tertiary/aromatic N) is 4. The molecule has 0 N–H and O–H groups in total. The van der Waals surface area contributed by atoms with E-state index in [2.05, 4.69) is 176 Å². The van der Waals surface area contributed by atoms with Crippen molar-refractivity contribution in [2.75, 3.05) is 0 Å². The van der Waals surface area contributed by atoms with E-state index in [1.54, 1.807) is 0 Å². The minimum atomic E-state index is 0.696. The van der Waals surface area contributed by atoms with Gasteiger partial charge in [-0.1, -0.05) is 147 Å². The highest BCUT2D eigenvalue weighted by Gasteiger charge is 2.21. The van der Waals surface area contributed by atoms with E-state index in [0.717, 1.165) is 74.6 Å². The fourth-order valence-corrected chi connectivity index (χ4v) is 9.34.